The monoisotopic (exact) mass is 738 g/mol. The lowest BCUT2D eigenvalue weighted by atomic mass is 9.98. The second kappa shape index (κ2) is 16.9. The minimum atomic E-state index is 0.429. The number of hydrogen-bond acceptors (Lipinski definition) is 14. The van der Waals surface area contributed by atoms with Gasteiger partial charge >= 0.3 is 0 Å². The molecule has 2 aromatic carbocycles. The summed E-state index contributed by atoms with van der Waals surface area (Å²) in [5.74, 6) is 7.56. The van der Waals surface area contributed by atoms with E-state index in [0.717, 1.165) is 85.8 Å². The number of nitrogens with zero attached hydrogens (tertiary/aromatic N) is 6. The van der Waals surface area contributed by atoms with Gasteiger partial charge in [0.15, 0.2) is 23.0 Å². The highest BCUT2D eigenvalue weighted by molar-refractivity contribution is 5.62. The Morgan fingerprint density at radius 1 is 0.741 bits per heavy atom. The van der Waals surface area contributed by atoms with Gasteiger partial charge in [-0.25, -0.2) is 9.97 Å². The fourth-order valence-corrected chi connectivity index (χ4v) is 7.74. The highest BCUT2D eigenvalue weighted by Gasteiger charge is 2.51. The Morgan fingerprint density at radius 3 is 2.00 bits per heavy atom. The molecule has 288 valence electrons. The summed E-state index contributed by atoms with van der Waals surface area (Å²) >= 11 is 0. The number of rotatable bonds is 19. The Bertz CT molecular complexity index is 1890. The average Bonchev–Trinajstić information content (AvgIpc) is 3.85. The van der Waals surface area contributed by atoms with Gasteiger partial charge in [-0.3, -0.25) is 4.90 Å². The van der Waals surface area contributed by atoms with Crippen LogP contribution in [0.4, 0.5) is 34.9 Å². The smallest absolute Gasteiger partial charge is 0.229 e. The maximum absolute atomic E-state index is 6.30. The number of aryl methyl sites for hydroxylation is 1. The van der Waals surface area contributed by atoms with E-state index >= 15 is 0 Å². The maximum atomic E-state index is 6.30. The van der Waals surface area contributed by atoms with Crippen molar-refractivity contribution < 1.29 is 18.9 Å². The molecule has 3 unspecified atom stereocenters. The van der Waals surface area contributed by atoms with Crippen molar-refractivity contribution in [1.29, 1.82) is 0 Å². The molecular formula is C40H54N10O4. The van der Waals surface area contributed by atoms with Gasteiger partial charge in [-0.2, -0.15) is 9.97 Å². The summed E-state index contributed by atoms with van der Waals surface area (Å²) in [5.41, 5.74) is 3.56. The Labute approximate surface area is 318 Å². The highest BCUT2D eigenvalue weighted by atomic mass is 16.5. The van der Waals surface area contributed by atoms with Crippen LogP contribution in [-0.4, -0.2) is 111 Å². The lowest BCUT2D eigenvalue weighted by Gasteiger charge is -2.36. The molecular weight excluding hydrogens is 685 g/mol. The van der Waals surface area contributed by atoms with Crippen molar-refractivity contribution in [3.63, 3.8) is 0 Å². The van der Waals surface area contributed by atoms with Crippen molar-refractivity contribution in [3.8, 4) is 23.0 Å². The lowest BCUT2D eigenvalue weighted by Crippen LogP contribution is -2.44. The van der Waals surface area contributed by atoms with Gasteiger partial charge in [0.1, 0.15) is 11.6 Å². The number of hydrogen-bond donors (Lipinski definition) is 4. The van der Waals surface area contributed by atoms with Crippen LogP contribution in [0.25, 0.3) is 0 Å². The number of piperidine rings is 1. The van der Waals surface area contributed by atoms with E-state index in [4.69, 9.17) is 28.9 Å². The Balaban J connectivity index is 0.953. The van der Waals surface area contributed by atoms with Crippen molar-refractivity contribution in [2.45, 2.75) is 38.6 Å². The number of aromatic nitrogens is 4. The maximum Gasteiger partial charge on any atom is 0.229 e. The number of ether oxygens (including phenoxy) is 4. The first-order valence-corrected chi connectivity index (χ1v) is 19.0. The minimum Gasteiger partial charge on any atom is -0.493 e. The number of benzene rings is 2. The third kappa shape index (κ3) is 9.16. The number of nitrogens with one attached hydrogen (secondary N) is 4. The molecule has 3 aliphatic rings. The summed E-state index contributed by atoms with van der Waals surface area (Å²) in [6, 6.07) is 16.0. The molecule has 3 atom stereocenters. The predicted molar refractivity (Wildman–Crippen MR) is 212 cm³/mol. The molecule has 54 heavy (non-hydrogen) atoms. The molecule has 4 aromatic rings. The Hall–Kier alpha value is -5.08. The van der Waals surface area contributed by atoms with Gasteiger partial charge in [0.05, 0.1) is 27.4 Å². The second-order valence-corrected chi connectivity index (χ2v) is 14.6. The molecule has 0 spiro atoms. The number of anilines is 6. The van der Waals surface area contributed by atoms with Gasteiger partial charge in [-0.15, -0.1) is 0 Å². The summed E-state index contributed by atoms with van der Waals surface area (Å²) in [6.45, 7) is 7.49. The van der Waals surface area contributed by atoms with Gasteiger partial charge in [0, 0.05) is 99.8 Å². The number of methoxy groups -OCH3 is 2. The van der Waals surface area contributed by atoms with Crippen LogP contribution in [-0.2, 0) is 6.42 Å². The fourth-order valence-electron chi connectivity index (χ4n) is 7.74. The van der Waals surface area contributed by atoms with E-state index in [1.807, 2.05) is 63.5 Å². The van der Waals surface area contributed by atoms with Gasteiger partial charge in [0.2, 0.25) is 11.9 Å². The van der Waals surface area contributed by atoms with E-state index in [1.165, 1.54) is 6.42 Å². The molecule has 14 heteroatoms. The van der Waals surface area contributed by atoms with Crippen LogP contribution in [0.3, 0.4) is 0 Å². The molecule has 2 saturated heterocycles. The van der Waals surface area contributed by atoms with E-state index in [9.17, 15) is 0 Å². The van der Waals surface area contributed by atoms with Crippen LogP contribution < -0.4 is 40.2 Å². The first-order chi connectivity index (χ1) is 26.3. The molecule has 4 heterocycles. The van der Waals surface area contributed by atoms with Crippen LogP contribution in [0.5, 0.6) is 23.0 Å². The normalized spacial score (nSPS) is 19.4. The standard InChI is InChI=1S/C40H54N10O4/c1-25-16-37(41-2)47-39(43-25)44-28-8-10-33(51-5)35(19-28)53-14-7-13-50-24-27-17-31(27)32(50)18-30-21-38(42-3)48-40(46-30)45-29-9-11-34(52-6)36(20-29)54-15-12-26-22-49(4)23-26/h8-11,16,19-21,26-27,31-32H,7,12-15,17-18,22-24H2,1-6H3,(H2,41,43,44,47)(H2,42,45,46,48). The Kier molecular flexibility index (Phi) is 11.7. The molecule has 3 fully saturated rings. The molecule has 1 aliphatic carbocycles. The van der Waals surface area contributed by atoms with Crippen molar-refractivity contribution in [2.24, 2.45) is 17.8 Å². The van der Waals surface area contributed by atoms with E-state index in [0.29, 0.717) is 66.0 Å². The molecule has 2 aromatic heterocycles. The summed E-state index contributed by atoms with van der Waals surface area (Å²) in [7, 11) is 9.21. The molecule has 4 N–H and O–H groups in total. The first-order valence-electron chi connectivity index (χ1n) is 19.0. The van der Waals surface area contributed by atoms with Crippen molar-refractivity contribution >= 4 is 34.9 Å². The zero-order valence-electron chi connectivity index (χ0n) is 32.3. The summed E-state index contributed by atoms with van der Waals surface area (Å²) < 4.78 is 23.7. The molecule has 0 bridgehead atoms. The average molecular weight is 739 g/mol. The van der Waals surface area contributed by atoms with Crippen LogP contribution in [0, 0.1) is 24.7 Å². The Morgan fingerprint density at radius 2 is 1.37 bits per heavy atom. The van der Waals surface area contributed by atoms with Gasteiger partial charge in [-0.1, -0.05) is 0 Å². The van der Waals surface area contributed by atoms with Crippen molar-refractivity contribution in [3.05, 3.63) is 59.9 Å². The third-order valence-electron chi connectivity index (χ3n) is 10.6. The predicted octanol–water partition coefficient (Wildman–Crippen LogP) is 5.83. The molecule has 1 saturated carbocycles. The number of fused-ring (bicyclic) bond motifs is 1. The van der Waals surface area contributed by atoms with Gasteiger partial charge in [0.25, 0.3) is 0 Å². The molecule has 7 rings (SSSR count). The molecule has 0 amide bonds. The first kappa shape index (κ1) is 37.2. The lowest BCUT2D eigenvalue weighted by molar-refractivity contribution is 0.110. The van der Waals surface area contributed by atoms with Crippen LogP contribution >= 0.6 is 0 Å². The summed E-state index contributed by atoms with van der Waals surface area (Å²) in [4.78, 5) is 23.7. The minimum absolute atomic E-state index is 0.429. The van der Waals surface area contributed by atoms with Gasteiger partial charge in [-0.05, 0) is 75.3 Å². The number of likely N-dealkylation sites (tertiary alicyclic amines) is 2. The second-order valence-electron chi connectivity index (χ2n) is 14.6. The topological polar surface area (TPSA) is 143 Å². The fraction of sp³-hybridized carbons (Fsp3) is 0.500. The molecule has 14 nitrogen and oxygen atoms in total. The van der Waals surface area contributed by atoms with Crippen molar-refractivity contribution in [2.75, 3.05) is 96.0 Å². The summed E-state index contributed by atoms with van der Waals surface area (Å²) in [6.07, 6.45) is 4.06. The van der Waals surface area contributed by atoms with E-state index < -0.39 is 0 Å². The quantitative estimate of drug-likeness (QED) is 0.0858. The van der Waals surface area contributed by atoms with E-state index in [1.54, 1.807) is 14.2 Å². The molecule has 2 aliphatic heterocycles. The SMILES string of the molecule is CNc1cc(C)nc(Nc2ccc(OC)c(OCCCN3CC4CC4C3Cc3cc(NC)nc(Nc4ccc(OC)c(OCCC5CN(C)C5)c4)n3)c2)n1. The third-order valence-corrected chi connectivity index (χ3v) is 10.6. The highest BCUT2D eigenvalue weighted by Crippen LogP contribution is 2.50. The zero-order valence-corrected chi connectivity index (χ0v) is 32.3. The van der Waals surface area contributed by atoms with Gasteiger partial charge < -0.3 is 45.1 Å². The summed E-state index contributed by atoms with van der Waals surface area (Å²) in [5, 5.41) is 13.0. The van der Waals surface area contributed by atoms with Crippen LogP contribution in [0.1, 0.15) is 30.7 Å². The van der Waals surface area contributed by atoms with E-state index in [-0.39, 0.29) is 0 Å². The van der Waals surface area contributed by atoms with Crippen LogP contribution in [0.15, 0.2) is 48.5 Å². The van der Waals surface area contributed by atoms with Crippen molar-refractivity contribution in [1.82, 2.24) is 29.7 Å². The molecule has 0 radical (unpaired) electrons. The zero-order chi connectivity index (χ0) is 37.6. The van der Waals surface area contributed by atoms with Crippen LogP contribution in [0.2, 0.25) is 0 Å². The van der Waals surface area contributed by atoms with E-state index in [2.05, 4.69) is 54.1 Å². The largest absolute Gasteiger partial charge is 0.493 e.